The number of aliphatic hydroxyl groups is 1. The van der Waals surface area contributed by atoms with E-state index >= 15 is 0 Å². The molecule has 1 heterocycles. The Morgan fingerprint density at radius 1 is 1.30 bits per heavy atom. The van der Waals surface area contributed by atoms with Crippen LogP contribution in [0.3, 0.4) is 0 Å². The predicted octanol–water partition coefficient (Wildman–Crippen LogP) is 2.28. The second-order valence-electron chi connectivity index (χ2n) is 5.13. The Morgan fingerprint density at radius 3 is 2.83 bits per heavy atom. The summed E-state index contributed by atoms with van der Waals surface area (Å²) in [6, 6.07) is 11.3. The summed E-state index contributed by atoms with van der Waals surface area (Å²) in [5, 5.41) is 15.6. The van der Waals surface area contributed by atoms with Crippen molar-refractivity contribution in [2.24, 2.45) is 0 Å². The first-order chi connectivity index (χ1) is 11.1. The molecule has 23 heavy (non-hydrogen) atoms. The largest absolute Gasteiger partial charge is 0.494 e. The van der Waals surface area contributed by atoms with Gasteiger partial charge in [-0.3, -0.25) is 4.79 Å². The fourth-order valence-corrected chi connectivity index (χ4v) is 2.42. The van der Waals surface area contributed by atoms with Crippen molar-refractivity contribution >= 4 is 10.8 Å². The lowest BCUT2D eigenvalue weighted by molar-refractivity contribution is 0.149. The average molecular weight is 314 g/mol. The van der Waals surface area contributed by atoms with Gasteiger partial charge in [-0.05, 0) is 23.8 Å². The summed E-state index contributed by atoms with van der Waals surface area (Å²) < 4.78 is 19.7. The molecule has 2 aromatic carbocycles. The molecule has 5 nitrogen and oxygen atoms in total. The Labute approximate surface area is 131 Å². The lowest BCUT2D eigenvalue weighted by Crippen LogP contribution is -2.25. The van der Waals surface area contributed by atoms with Gasteiger partial charge in [0.2, 0.25) is 0 Å². The number of nitrogens with zero attached hydrogens (tertiary/aromatic N) is 2. The minimum Gasteiger partial charge on any atom is -0.494 e. The predicted molar refractivity (Wildman–Crippen MR) is 83.9 cm³/mol. The minimum atomic E-state index is -1.05. The van der Waals surface area contributed by atoms with Gasteiger partial charge in [0, 0.05) is 5.39 Å². The summed E-state index contributed by atoms with van der Waals surface area (Å²) in [5.74, 6) is -0.468. The highest BCUT2D eigenvalue weighted by molar-refractivity contribution is 5.80. The SMILES string of the molecule is COc1ccc(C(O)Cn2ncc3ccccc3c2=O)cc1F. The second kappa shape index (κ2) is 6.18. The Hall–Kier alpha value is -2.73. The number of aliphatic hydroxyl groups excluding tert-OH is 1. The number of ether oxygens (including phenoxy) is 1. The van der Waals surface area contributed by atoms with Gasteiger partial charge in [-0.25, -0.2) is 9.07 Å². The van der Waals surface area contributed by atoms with Crippen LogP contribution >= 0.6 is 0 Å². The van der Waals surface area contributed by atoms with Crippen LogP contribution in [0.5, 0.6) is 5.75 Å². The molecule has 0 saturated heterocycles. The zero-order valence-corrected chi connectivity index (χ0v) is 12.4. The number of rotatable bonds is 4. The van der Waals surface area contributed by atoms with Crippen molar-refractivity contribution in [2.45, 2.75) is 12.6 Å². The third kappa shape index (κ3) is 2.93. The molecule has 0 spiro atoms. The Morgan fingerprint density at radius 2 is 2.09 bits per heavy atom. The van der Waals surface area contributed by atoms with Crippen LogP contribution < -0.4 is 10.3 Å². The molecule has 1 N–H and O–H groups in total. The summed E-state index contributed by atoms with van der Waals surface area (Å²) in [6.07, 6.45) is 0.514. The van der Waals surface area contributed by atoms with Crippen LogP contribution in [-0.2, 0) is 6.54 Å². The number of benzene rings is 2. The van der Waals surface area contributed by atoms with Gasteiger partial charge in [0.1, 0.15) is 0 Å². The summed E-state index contributed by atoms with van der Waals surface area (Å²) in [5.41, 5.74) is 0.0568. The van der Waals surface area contributed by atoms with Crippen molar-refractivity contribution in [3.05, 3.63) is 70.4 Å². The molecule has 0 radical (unpaired) electrons. The van der Waals surface area contributed by atoms with Gasteiger partial charge in [-0.2, -0.15) is 5.10 Å². The molecule has 6 heteroatoms. The number of aromatic nitrogens is 2. The quantitative estimate of drug-likeness (QED) is 0.802. The van der Waals surface area contributed by atoms with Crippen molar-refractivity contribution in [2.75, 3.05) is 7.11 Å². The maximum Gasteiger partial charge on any atom is 0.274 e. The molecule has 0 fully saturated rings. The van der Waals surface area contributed by atoms with Crippen molar-refractivity contribution in [1.29, 1.82) is 0 Å². The van der Waals surface area contributed by atoms with E-state index in [2.05, 4.69) is 5.10 Å². The molecule has 3 aromatic rings. The maximum atomic E-state index is 13.7. The first kappa shape index (κ1) is 15.2. The van der Waals surface area contributed by atoms with Gasteiger partial charge < -0.3 is 9.84 Å². The molecule has 3 rings (SSSR count). The van der Waals surface area contributed by atoms with Gasteiger partial charge >= 0.3 is 0 Å². The first-order valence-electron chi connectivity index (χ1n) is 7.06. The van der Waals surface area contributed by atoms with E-state index in [1.54, 1.807) is 30.5 Å². The zero-order valence-electron chi connectivity index (χ0n) is 12.4. The van der Waals surface area contributed by atoms with Gasteiger partial charge in [-0.1, -0.05) is 24.3 Å². The Bertz CT molecular complexity index is 908. The van der Waals surface area contributed by atoms with E-state index in [4.69, 9.17) is 4.74 Å². The monoisotopic (exact) mass is 314 g/mol. The first-order valence-corrected chi connectivity index (χ1v) is 7.06. The van der Waals surface area contributed by atoms with Crippen LogP contribution in [0.15, 0.2) is 53.5 Å². The topological polar surface area (TPSA) is 64.3 Å². The summed E-state index contributed by atoms with van der Waals surface area (Å²) >= 11 is 0. The number of hydrogen-bond donors (Lipinski definition) is 1. The highest BCUT2D eigenvalue weighted by Gasteiger charge is 2.14. The second-order valence-corrected chi connectivity index (χ2v) is 5.13. The number of methoxy groups -OCH3 is 1. The highest BCUT2D eigenvalue weighted by Crippen LogP contribution is 2.22. The van der Waals surface area contributed by atoms with E-state index in [1.165, 1.54) is 23.9 Å². The van der Waals surface area contributed by atoms with E-state index < -0.39 is 11.9 Å². The Kier molecular flexibility index (Phi) is 4.08. The summed E-state index contributed by atoms with van der Waals surface area (Å²) in [7, 11) is 1.37. The molecule has 0 bridgehead atoms. The molecule has 0 saturated carbocycles. The molecule has 0 aliphatic heterocycles. The van der Waals surface area contributed by atoms with Crippen LogP contribution in [0.1, 0.15) is 11.7 Å². The van der Waals surface area contributed by atoms with E-state index in [0.29, 0.717) is 10.9 Å². The molecule has 118 valence electrons. The third-order valence-corrected chi connectivity index (χ3v) is 3.67. The van der Waals surface area contributed by atoms with Crippen LogP contribution in [0.2, 0.25) is 0 Å². The van der Waals surface area contributed by atoms with Gasteiger partial charge in [0.05, 0.1) is 31.3 Å². The van der Waals surface area contributed by atoms with Crippen molar-refractivity contribution < 1.29 is 14.2 Å². The van der Waals surface area contributed by atoms with Crippen molar-refractivity contribution in [1.82, 2.24) is 9.78 Å². The van der Waals surface area contributed by atoms with Crippen LogP contribution in [-0.4, -0.2) is 22.0 Å². The number of fused-ring (bicyclic) bond motifs is 1. The van der Waals surface area contributed by atoms with Gasteiger partial charge in [0.25, 0.3) is 5.56 Å². The van der Waals surface area contributed by atoms with Crippen LogP contribution in [0.25, 0.3) is 10.8 Å². The highest BCUT2D eigenvalue weighted by atomic mass is 19.1. The minimum absolute atomic E-state index is 0.0601. The molecule has 0 aliphatic rings. The van der Waals surface area contributed by atoms with E-state index in [0.717, 1.165) is 5.39 Å². The van der Waals surface area contributed by atoms with Gasteiger partial charge in [-0.15, -0.1) is 0 Å². The number of halogens is 1. The fourth-order valence-electron chi connectivity index (χ4n) is 2.42. The molecule has 1 unspecified atom stereocenters. The third-order valence-electron chi connectivity index (χ3n) is 3.67. The smallest absolute Gasteiger partial charge is 0.274 e. The van der Waals surface area contributed by atoms with E-state index in [1.807, 2.05) is 6.07 Å². The molecule has 0 amide bonds. The normalized spacial score (nSPS) is 12.3. The van der Waals surface area contributed by atoms with Crippen molar-refractivity contribution in [3.8, 4) is 5.75 Å². The lowest BCUT2D eigenvalue weighted by atomic mass is 10.1. The van der Waals surface area contributed by atoms with E-state index in [-0.39, 0.29) is 17.9 Å². The fraction of sp³-hybridized carbons (Fsp3) is 0.176. The Balaban J connectivity index is 1.91. The molecular formula is C17H15FN2O3. The summed E-state index contributed by atoms with van der Waals surface area (Å²) in [6.45, 7) is -0.0601. The van der Waals surface area contributed by atoms with Crippen LogP contribution in [0, 0.1) is 5.82 Å². The van der Waals surface area contributed by atoms with Crippen LogP contribution in [0.4, 0.5) is 4.39 Å². The molecule has 1 aromatic heterocycles. The van der Waals surface area contributed by atoms with Gasteiger partial charge in [0.15, 0.2) is 11.6 Å². The molecule has 0 aliphatic carbocycles. The summed E-state index contributed by atoms with van der Waals surface area (Å²) in [4.78, 5) is 12.4. The lowest BCUT2D eigenvalue weighted by Gasteiger charge is -2.13. The maximum absolute atomic E-state index is 13.7. The van der Waals surface area contributed by atoms with E-state index in [9.17, 15) is 14.3 Å². The van der Waals surface area contributed by atoms with Crippen molar-refractivity contribution in [3.63, 3.8) is 0 Å². The average Bonchev–Trinajstić information content (AvgIpc) is 2.57. The molecular weight excluding hydrogens is 299 g/mol. The standard InChI is InChI=1S/C17H15FN2O3/c1-23-16-7-6-11(8-14(16)18)15(21)10-20-17(22)13-5-3-2-4-12(13)9-19-20/h2-9,15,21H,10H2,1H3. The molecule has 1 atom stereocenters. The number of hydrogen-bond acceptors (Lipinski definition) is 4. The zero-order chi connectivity index (χ0) is 16.4.